The number of nitrogens with two attached hydrogens (primary N) is 1. The minimum absolute atomic E-state index is 0.0603. The number of amidine groups is 1. The van der Waals surface area contributed by atoms with Gasteiger partial charge in [0.15, 0.2) is 5.84 Å². The highest BCUT2D eigenvalue weighted by Crippen LogP contribution is 2.46. The molecule has 1 amide bonds. The van der Waals surface area contributed by atoms with E-state index in [1.807, 2.05) is 0 Å². The summed E-state index contributed by atoms with van der Waals surface area (Å²) < 4.78 is 0. The third kappa shape index (κ3) is 2.50. The summed E-state index contributed by atoms with van der Waals surface area (Å²) in [6, 6.07) is 0. The fourth-order valence-electron chi connectivity index (χ4n) is 3.95. The van der Waals surface area contributed by atoms with Crippen LogP contribution in [0.1, 0.15) is 58.8 Å². The van der Waals surface area contributed by atoms with Gasteiger partial charge in [0, 0.05) is 6.54 Å². The van der Waals surface area contributed by atoms with Gasteiger partial charge in [0.2, 0.25) is 5.91 Å². The quantitative estimate of drug-likeness (QED) is 0.312. The van der Waals surface area contributed by atoms with Crippen molar-refractivity contribution in [2.75, 3.05) is 6.54 Å². The Morgan fingerprint density at radius 1 is 1.40 bits per heavy atom. The Labute approximate surface area is 121 Å². The van der Waals surface area contributed by atoms with Gasteiger partial charge >= 0.3 is 0 Å². The highest BCUT2D eigenvalue weighted by Gasteiger charge is 2.52. The van der Waals surface area contributed by atoms with Gasteiger partial charge in [-0.3, -0.25) is 4.79 Å². The van der Waals surface area contributed by atoms with E-state index < -0.39 is 5.41 Å². The van der Waals surface area contributed by atoms with E-state index in [0.717, 1.165) is 13.0 Å². The van der Waals surface area contributed by atoms with E-state index in [1.54, 1.807) is 0 Å². The van der Waals surface area contributed by atoms with Crippen molar-refractivity contribution in [1.82, 2.24) is 5.32 Å². The Balaban J connectivity index is 2.00. The van der Waals surface area contributed by atoms with Crippen LogP contribution in [0.4, 0.5) is 0 Å². The number of nitrogens with one attached hydrogen (secondary N) is 1. The number of amides is 1. The van der Waals surface area contributed by atoms with Gasteiger partial charge < -0.3 is 16.3 Å². The molecule has 2 fully saturated rings. The van der Waals surface area contributed by atoms with Crippen LogP contribution in [-0.4, -0.2) is 23.5 Å². The predicted octanol–water partition coefficient (Wildman–Crippen LogP) is 2.24. The summed E-state index contributed by atoms with van der Waals surface area (Å²) >= 11 is 0. The second kappa shape index (κ2) is 5.62. The van der Waals surface area contributed by atoms with Crippen LogP contribution in [0, 0.1) is 16.7 Å². The standard InChI is InChI=1S/C15H27N3O2/c1-3-14(6-4-5-7-14)10-17-13(19)15(12(16)18-20)8-11(2)9-15/h11,20H,3-10H2,1-2H3,(H2,16,18)(H,17,19). The molecule has 0 spiro atoms. The minimum Gasteiger partial charge on any atom is -0.409 e. The monoisotopic (exact) mass is 281 g/mol. The highest BCUT2D eigenvalue weighted by molar-refractivity contribution is 6.07. The summed E-state index contributed by atoms with van der Waals surface area (Å²) in [5, 5.41) is 15.1. The largest absolute Gasteiger partial charge is 0.409 e. The summed E-state index contributed by atoms with van der Waals surface area (Å²) in [4.78, 5) is 12.5. The smallest absolute Gasteiger partial charge is 0.233 e. The van der Waals surface area contributed by atoms with Crippen molar-refractivity contribution in [1.29, 1.82) is 0 Å². The first-order valence-corrected chi connectivity index (χ1v) is 7.74. The molecular weight excluding hydrogens is 254 g/mol. The van der Waals surface area contributed by atoms with Crippen molar-refractivity contribution >= 4 is 11.7 Å². The van der Waals surface area contributed by atoms with Gasteiger partial charge in [0.05, 0.1) is 0 Å². The fraction of sp³-hybridized carbons (Fsp3) is 0.867. The molecule has 5 nitrogen and oxygen atoms in total. The van der Waals surface area contributed by atoms with Gasteiger partial charge in [-0.15, -0.1) is 0 Å². The van der Waals surface area contributed by atoms with Crippen LogP contribution >= 0.6 is 0 Å². The Hall–Kier alpha value is -1.26. The maximum absolute atomic E-state index is 12.5. The average molecular weight is 281 g/mol. The van der Waals surface area contributed by atoms with Gasteiger partial charge in [-0.25, -0.2) is 0 Å². The first-order valence-electron chi connectivity index (χ1n) is 7.74. The van der Waals surface area contributed by atoms with Gasteiger partial charge in [0.1, 0.15) is 5.41 Å². The molecule has 0 aliphatic heterocycles. The van der Waals surface area contributed by atoms with Gasteiger partial charge in [0.25, 0.3) is 0 Å². The average Bonchev–Trinajstić information content (AvgIpc) is 2.89. The Morgan fingerprint density at radius 3 is 2.45 bits per heavy atom. The molecule has 114 valence electrons. The third-order valence-corrected chi connectivity index (χ3v) is 5.46. The zero-order chi connectivity index (χ0) is 14.8. The lowest BCUT2D eigenvalue weighted by molar-refractivity contribution is -0.133. The fourth-order valence-corrected chi connectivity index (χ4v) is 3.95. The first kappa shape index (κ1) is 15.1. The van der Waals surface area contributed by atoms with Gasteiger partial charge in [-0.2, -0.15) is 0 Å². The van der Waals surface area contributed by atoms with Crippen molar-refractivity contribution in [3.63, 3.8) is 0 Å². The molecule has 0 aromatic carbocycles. The molecule has 2 aliphatic rings. The van der Waals surface area contributed by atoms with E-state index in [0.29, 0.717) is 18.8 Å². The molecule has 0 aromatic rings. The van der Waals surface area contributed by atoms with Crippen molar-refractivity contribution in [3.8, 4) is 0 Å². The first-order chi connectivity index (χ1) is 9.48. The molecular formula is C15H27N3O2. The third-order valence-electron chi connectivity index (χ3n) is 5.46. The van der Waals surface area contributed by atoms with Crippen LogP contribution < -0.4 is 11.1 Å². The molecule has 20 heavy (non-hydrogen) atoms. The lowest BCUT2D eigenvalue weighted by Gasteiger charge is -2.44. The summed E-state index contributed by atoms with van der Waals surface area (Å²) in [6.07, 6.45) is 7.34. The van der Waals surface area contributed by atoms with Crippen LogP contribution in [0.5, 0.6) is 0 Å². The summed E-state index contributed by atoms with van der Waals surface area (Å²) in [7, 11) is 0. The lowest BCUT2D eigenvalue weighted by Crippen LogP contribution is -2.57. The molecule has 4 N–H and O–H groups in total. The highest BCUT2D eigenvalue weighted by atomic mass is 16.4. The molecule has 0 unspecified atom stereocenters. The van der Waals surface area contributed by atoms with E-state index >= 15 is 0 Å². The molecule has 0 heterocycles. The molecule has 2 aliphatic carbocycles. The van der Waals surface area contributed by atoms with Crippen LogP contribution in [0.15, 0.2) is 5.16 Å². The van der Waals surface area contributed by atoms with Gasteiger partial charge in [-0.05, 0) is 43.4 Å². The molecule has 0 atom stereocenters. The van der Waals surface area contributed by atoms with Crippen molar-refractivity contribution in [3.05, 3.63) is 0 Å². The molecule has 5 heteroatoms. The van der Waals surface area contributed by atoms with Crippen LogP contribution in [0.2, 0.25) is 0 Å². The van der Waals surface area contributed by atoms with E-state index in [9.17, 15) is 4.79 Å². The second-order valence-corrected chi connectivity index (χ2v) is 6.82. The van der Waals surface area contributed by atoms with Gasteiger partial charge in [-0.1, -0.05) is 31.8 Å². The molecule has 2 saturated carbocycles. The number of carbonyl (C=O) groups excluding carboxylic acids is 1. The lowest BCUT2D eigenvalue weighted by atomic mass is 9.61. The van der Waals surface area contributed by atoms with Crippen LogP contribution in [-0.2, 0) is 4.79 Å². The number of nitrogens with zero attached hydrogens (tertiary/aromatic N) is 1. The Morgan fingerprint density at radius 2 is 2.00 bits per heavy atom. The Kier molecular flexibility index (Phi) is 4.25. The van der Waals surface area contributed by atoms with Crippen molar-refractivity contribution < 1.29 is 10.0 Å². The predicted molar refractivity (Wildman–Crippen MR) is 78.4 cm³/mol. The molecule has 0 saturated heterocycles. The van der Waals surface area contributed by atoms with E-state index in [1.165, 1.54) is 25.7 Å². The van der Waals surface area contributed by atoms with E-state index in [-0.39, 0.29) is 17.2 Å². The summed E-state index contributed by atoms with van der Waals surface area (Å²) in [5.74, 6) is 0.448. The van der Waals surface area contributed by atoms with E-state index in [4.69, 9.17) is 10.9 Å². The topological polar surface area (TPSA) is 87.7 Å². The number of carbonyl (C=O) groups is 1. The second-order valence-electron chi connectivity index (χ2n) is 6.82. The number of oxime groups is 1. The maximum atomic E-state index is 12.5. The van der Waals surface area contributed by atoms with E-state index in [2.05, 4.69) is 24.3 Å². The Bertz CT molecular complexity index is 394. The summed E-state index contributed by atoms with van der Waals surface area (Å²) in [6.45, 7) is 5.00. The molecule has 0 bridgehead atoms. The van der Waals surface area contributed by atoms with Crippen molar-refractivity contribution in [2.45, 2.75) is 58.8 Å². The normalized spacial score (nSPS) is 32.7. The number of hydrogen-bond acceptors (Lipinski definition) is 3. The minimum atomic E-state index is -0.776. The molecule has 2 rings (SSSR count). The summed E-state index contributed by atoms with van der Waals surface area (Å²) in [5.41, 5.74) is 5.25. The maximum Gasteiger partial charge on any atom is 0.233 e. The number of rotatable bonds is 5. The number of hydrogen-bond donors (Lipinski definition) is 3. The SMILES string of the molecule is CCC1(CNC(=O)C2(C(N)=NO)CC(C)C2)CCCC1. The van der Waals surface area contributed by atoms with Crippen LogP contribution in [0.25, 0.3) is 0 Å². The molecule has 0 aromatic heterocycles. The molecule has 0 radical (unpaired) electrons. The van der Waals surface area contributed by atoms with Crippen molar-refractivity contribution in [2.24, 2.45) is 27.6 Å². The zero-order valence-electron chi connectivity index (χ0n) is 12.6. The zero-order valence-corrected chi connectivity index (χ0v) is 12.6. The van der Waals surface area contributed by atoms with Crippen LogP contribution in [0.3, 0.4) is 0 Å².